The molecule has 2 heterocycles. The third-order valence-electron chi connectivity index (χ3n) is 7.05. The molecule has 0 N–H and O–H groups in total. The van der Waals surface area contributed by atoms with Gasteiger partial charge in [0.2, 0.25) is 0 Å². The standard InChI is InChI=1S/C28H30N4O3/c1-20-25(13-14-26(33)35-3)21(2)32(30-20)24-11-9-22(10-12-24)27(34)31-17-15-28(19-29,16-18-31)23-7-5-4-6-8-23/h4-12H,13-18H2,1-3H3. The van der Waals surface area contributed by atoms with E-state index in [1.54, 1.807) is 0 Å². The Balaban J connectivity index is 1.45. The van der Waals surface area contributed by atoms with Crippen LogP contribution in [0, 0.1) is 25.2 Å². The zero-order valence-corrected chi connectivity index (χ0v) is 20.5. The Morgan fingerprint density at radius 1 is 1.06 bits per heavy atom. The van der Waals surface area contributed by atoms with Crippen molar-refractivity contribution in [3.63, 3.8) is 0 Å². The second-order valence-corrected chi connectivity index (χ2v) is 9.04. The average Bonchev–Trinajstić information content (AvgIpc) is 3.20. The van der Waals surface area contributed by atoms with Gasteiger partial charge in [0.1, 0.15) is 0 Å². The van der Waals surface area contributed by atoms with Crippen LogP contribution in [0.5, 0.6) is 0 Å². The molecule has 7 heteroatoms. The van der Waals surface area contributed by atoms with Gasteiger partial charge in [-0.15, -0.1) is 0 Å². The number of ether oxygens (including phenoxy) is 1. The van der Waals surface area contributed by atoms with Crippen LogP contribution in [0.3, 0.4) is 0 Å². The van der Waals surface area contributed by atoms with Gasteiger partial charge in [-0.05, 0) is 68.5 Å². The third kappa shape index (κ3) is 4.83. The van der Waals surface area contributed by atoms with Crippen LogP contribution in [-0.4, -0.2) is 46.8 Å². The summed E-state index contributed by atoms with van der Waals surface area (Å²) in [6.45, 7) is 5.00. The van der Waals surface area contributed by atoms with Crippen LogP contribution in [0.1, 0.15) is 52.1 Å². The summed E-state index contributed by atoms with van der Waals surface area (Å²) >= 11 is 0. The van der Waals surface area contributed by atoms with Gasteiger partial charge in [0.05, 0.1) is 30.0 Å². The minimum absolute atomic E-state index is 0.0247. The van der Waals surface area contributed by atoms with Crippen molar-refractivity contribution in [2.24, 2.45) is 0 Å². The molecule has 4 rings (SSSR count). The van der Waals surface area contributed by atoms with Gasteiger partial charge in [-0.25, -0.2) is 4.68 Å². The van der Waals surface area contributed by atoms with E-state index in [4.69, 9.17) is 4.74 Å². The minimum atomic E-state index is -0.539. The first-order chi connectivity index (χ1) is 16.9. The number of hydrogen-bond donors (Lipinski definition) is 0. The zero-order chi connectivity index (χ0) is 25.0. The SMILES string of the molecule is COC(=O)CCc1c(C)nn(-c2ccc(C(=O)N3CCC(C#N)(c4ccccc4)CC3)cc2)c1C. The molecule has 0 aliphatic carbocycles. The number of esters is 1. The number of carbonyl (C=O) groups is 2. The molecular formula is C28H30N4O3. The van der Waals surface area contributed by atoms with E-state index in [2.05, 4.69) is 11.2 Å². The fourth-order valence-electron chi connectivity index (χ4n) is 4.86. The summed E-state index contributed by atoms with van der Waals surface area (Å²) in [6, 6.07) is 19.8. The molecule has 0 radical (unpaired) electrons. The molecule has 1 aliphatic heterocycles. The van der Waals surface area contributed by atoms with Crippen LogP contribution < -0.4 is 0 Å². The predicted molar refractivity (Wildman–Crippen MR) is 132 cm³/mol. The van der Waals surface area contributed by atoms with Crippen molar-refractivity contribution in [2.45, 2.75) is 44.9 Å². The molecule has 0 bridgehead atoms. The molecule has 1 aromatic heterocycles. The summed E-state index contributed by atoms with van der Waals surface area (Å²) in [6.07, 6.45) is 2.13. The topological polar surface area (TPSA) is 88.2 Å². The maximum atomic E-state index is 13.2. The number of carbonyl (C=O) groups excluding carboxylic acids is 2. The summed E-state index contributed by atoms with van der Waals surface area (Å²) in [5, 5.41) is 14.5. The van der Waals surface area contributed by atoms with E-state index in [9.17, 15) is 14.9 Å². The Morgan fingerprint density at radius 2 is 1.71 bits per heavy atom. The van der Waals surface area contributed by atoms with Gasteiger partial charge in [-0.1, -0.05) is 30.3 Å². The largest absolute Gasteiger partial charge is 0.469 e. The summed E-state index contributed by atoms with van der Waals surface area (Å²) in [5.74, 6) is -0.267. The van der Waals surface area contributed by atoms with E-state index in [0.29, 0.717) is 44.3 Å². The molecule has 0 atom stereocenters. The Labute approximate surface area is 205 Å². The first kappa shape index (κ1) is 24.2. The highest BCUT2D eigenvalue weighted by atomic mass is 16.5. The van der Waals surface area contributed by atoms with E-state index in [1.165, 1.54) is 7.11 Å². The minimum Gasteiger partial charge on any atom is -0.469 e. The van der Waals surface area contributed by atoms with Crippen LogP contribution in [0.2, 0.25) is 0 Å². The lowest BCUT2D eigenvalue weighted by molar-refractivity contribution is -0.140. The van der Waals surface area contributed by atoms with Gasteiger partial charge in [-0.3, -0.25) is 9.59 Å². The maximum Gasteiger partial charge on any atom is 0.305 e. The van der Waals surface area contributed by atoms with Crippen molar-refractivity contribution in [1.82, 2.24) is 14.7 Å². The number of aryl methyl sites for hydroxylation is 1. The number of methoxy groups -OCH3 is 1. The Kier molecular flexibility index (Phi) is 7.02. The maximum absolute atomic E-state index is 13.2. The molecule has 1 amide bonds. The van der Waals surface area contributed by atoms with Gasteiger partial charge in [0.25, 0.3) is 5.91 Å². The van der Waals surface area contributed by atoms with Crippen molar-refractivity contribution >= 4 is 11.9 Å². The number of amides is 1. The van der Waals surface area contributed by atoms with Crippen LogP contribution in [-0.2, 0) is 21.4 Å². The number of benzene rings is 2. The molecule has 35 heavy (non-hydrogen) atoms. The van der Waals surface area contributed by atoms with Gasteiger partial charge in [-0.2, -0.15) is 10.4 Å². The number of rotatable bonds is 6. The first-order valence-corrected chi connectivity index (χ1v) is 11.9. The van der Waals surface area contributed by atoms with Gasteiger partial charge in [0.15, 0.2) is 0 Å². The highest BCUT2D eigenvalue weighted by molar-refractivity contribution is 5.94. The Bertz CT molecular complexity index is 1250. The molecule has 0 unspecified atom stereocenters. The number of likely N-dealkylation sites (tertiary alicyclic amines) is 1. The van der Waals surface area contributed by atoms with Gasteiger partial charge >= 0.3 is 5.97 Å². The molecular weight excluding hydrogens is 440 g/mol. The van der Waals surface area contributed by atoms with E-state index in [0.717, 1.165) is 28.2 Å². The predicted octanol–water partition coefficient (Wildman–Crippen LogP) is 4.29. The lowest BCUT2D eigenvalue weighted by atomic mass is 9.74. The first-order valence-electron chi connectivity index (χ1n) is 11.9. The zero-order valence-electron chi connectivity index (χ0n) is 20.5. The third-order valence-corrected chi connectivity index (χ3v) is 7.05. The van der Waals surface area contributed by atoms with Crippen LogP contribution in [0.25, 0.3) is 5.69 Å². The average molecular weight is 471 g/mol. The lowest BCUT2D eigenvalue weighted by Crippen LogP contribution is -2.44. The number of hydrogen-bond acceptors (Lipinski definition) is 5. The van der Waals surface area contributed by atoms with Crippen molar-refractivity contribution in [3.05, 3.63) is 82.7 Å². The van der Waals surface area contributed by atoms with E-state index < -0.39 is 5.41 Å². The van der Waals surface area contributed by atoms with Crippen molar-refractivity contribution in [1.29, 1.82) is 5.26 Å². The van der Waals surface area contributed by atoms with Gasteiger partial charge in [0, 0.05) is 30.8 Å². The summed E-state index contributed by atoms with van der Waals surface area (Å²) in [5.41, 5.74) is 4.83. The summed E-state index contributed by atoms with van der Waals surface area (Å²) < 4.78 is 6.60. The fraction of sp³-hybridized carbons (Fsp3) is 0.357. The summed E-state index contributed by atoms with van der Waals surface area (Å²) in [7, 11) is 1.39. The summed E-state index contributed by atoms with van der Waals surface area (Å²) in [4.78, 5) is 26.5. The molecule has 0 saturated carbocycles. The molecule has 3 aromatic rings. The van der Waals surface area contributed by atoms with Crippen LogP contribution in [0.15, 0.2) is 54.6 Å². The van der Waals surface area contributed by atoms with Crippen LogP contribution in [0.4, 0.5) is 0 Å². The van der Waals surface area contributed by atoms with Crippen molar-refractivity contribution in [3.8, 4) is 11.8 Å². The van der Waals surface area contributed by atoms with Crippen molar-refractivity contribution in [2.75, 3.05) is 20.2 Å². The number of piperidine rings is 1. The highest BCUT2D eigenvalue weighted by Gasteiger charge is 2.37. The monoisotopic (exact) mass is 470 g/mol. The number of nitrogens with zero attached hydrogens (tertiary/aromatic N) is 4. The van der Waals surface area contributed by atoms with E-state index >= 15 is 0 Å². The molecule has 1 aliphatic rings. The smallest absolute Gasteiger partial charge is 0.305 e. The number of aromatic nitrogens is 2. The molecule has 0 spiro atoms. The Morgan fingerprint density at radius 3 is 2.31 bits per heavy atom. The second kappa shape index (κ2) is 10.1. The molecule has 7 nitrogen and oxygen atoms in total. The van der Waals surface area contributed by atoms with E-state index in [-0.39, 0.29) is 11.9 Å². The van der Waals surface area contributed by atoms with Gasteiger partial charge < -0.3 is 9.64 Å². The fourth-order valence-corrected chi connectivity index (χ4v) is 4.86. The molecule has 1 fully saturated rings. The molecule has 1 saturated heterocycles. The highest BCUT2D eigenvalue weighted by Crippen LogP contribution is 2.35. The number of nitriles is 1. The molecule has 180 valence electrons. The van der Waals surface area contributed by atoms with Crippen LogP contribution >= 0.6 is 0 Å². The molecule has 2 aromatic carbocycles. The van der Waals surface area contributed by atoms with E-state index in [1.807, 2.05) is 78.0 Å². The quantitative estimate of drug-likeness (QED) is 0.502. The Hall–Kier alpha value is -3.92. The van der Waals surface area contributed by atoms with Crippen molar-refractivity contribution < 1.29 is 14.3 Å². The lowest BCUT2D eigenvalue weighted by Gasteiger charge is -2.37. The second-order valence-electron chi connectivity index (χ2n) is 9.04. The normalized spacial score (nSPS) is 14.9.